The highest BCUT2D eigenvalue weighted by atomic mass is 19.1. The van der Waals surface area contributed by atoms with E-state index in [1.54, 1.807) is 11.9 Å². The number of anilines is 1. The zero-order valence-electron chi connectivity index (χ0n) is 12.3. The number of piperidine rings is 1. The molecular formula is C15H18FN3O3. The summed E-state index contributed by atoms with van der Waals surface area (Å²) in [4.78, 5) is 30.9. The standard InChI is InChI=1S/C15H18FN3O3/c1-18-12(20)9-10(14(21)22)15(18)4-7-19(8-5-15)13-11(16)3-2-6-17-13/h2-3,6,10H,4-5,7-9H2,1H3,(H,21,22). The Hall–Kier alpha value is -2.18. The molecule has 0 radical (unpaired) electrons. The van der Waals surface area contributed by atoms with E-state index in [-0.39, 0.29) is 24.0 Å². The molecule has 3 rings (SSSR count). The molecule has 6 nitrogen and oxygen atoms in total. The van der Waals surface area contributed by atoms with Crippen LogP contribution in [-0.4, -0.2) is 52.5 Å². The molecule has 1 aromatic rings. The van der Waals surface area contributed by atoms with Crippen LogP contribution < -0.4 is 4.90 Å². The van der Waals surface area contributed by atoms with Crippen molar-refractivity contribution in [3.8, 4) is 0 Å². The Morgan fingerprint density at radius 3 is 2.73 bits per heavy atom. The van der Waals surface area contributed by atoms with Gasteiger partial charge in [-0.25, -0.2) is 9.37 Å². The molecule has 1 spiro atoms. The van der Waals surface area contributed by atoms with Gasteiger partial charge in [-0.05, 0) is 25.0 Å². The summed E-state index contributed by atoms with van der Waals surface area (Å²) < 4.78 is 13.8. The van der Waals surface area contributed by atoms with Crippen LogP contribution in [0.1, 0.15) is 19.3 Å². The highest BCUT2D eigenvalue weighted by Crippen LogP contribution is 2.43. The van der Waals surface area contributed by atoms with Crippen LogP contribution in [0.4, 0.5) is 10.2 Å². The molecule has 0 bridgehead atoms. The van der Waals surface area contributed by atoms with Gasteiger partial charge < -0.3 is 14.9 Å². The monoisotopic (exact) mass is 307 g/mol. The largest absolute Gasteiger partial charge is 0.481 e. The highest BCUT2D eigenvalue weighted by molar-refractivity contribution is 5.88. The van der Waals surface area contributed by atoms with E-state index < -0.39 is 17.4 Å². The summed E-state index contributed by atoms with van der Waals surface area (Å²) in [7, 11) is 1.67. The Bertz CT molecular complexity index is 614. The average Bonchev–Trinajstić information content (AvgIpc) is 2.74. The predicted molar refractivity (Wildman–Crippen MR) is 76.9 cm³/mol. The Morgan fingerprint density at radius 2 is 2.14 bits per heavy atom. The lowest BCUT2D eigenvalue weighted by Gasteiger charge is -2.45. The number of nitrogens with zero attached hydrogens (tertiary/aromatic N) is 3. The first-order valence-corrected chi connectivity index (χ1v) is 7.30. The summed E-state index contributed by atoms with van der Waals surface area (Å²) >= 11 is 0. The molecule has 118 valence electrons. The van der Waals surface area contributed by atoms with E-state index >= 15 is 0 Å². The van der Waals surface area contributed by atoms with E-state index in [0.717, 1.165) is 0 Å². The number of hydrogen-bond acceptors (Lipinski definition) is 4. The van der Waals surface area contributed by atoms with E-state index in [1.165, 1.54) is 18.3 Å². The first-order valence-electron chi connectivity index (χ1n) is 7.30. The molecule has 0 saturated carbocycles. The van der Waals surface area contributed by atoms with Gasteiger partial charge in [0.15, 0.2) is 11.6 Å². The van der Waals surface area contributed by atoms with E-state index in [1.807, 2.05) is 4.90 Å². The van der Waals surface area contributed by atoms with Gasteiger partial charge in [-0.3, -0.25) is 9.59 Å². The average molecular weight is 307 g/mol. The summed E-state index contributed by atoms with van der Waals surface area (Å²) in [6.07, 6.45) is 2.59. The van der Waals surface area contributed by atoms with Crippen molar-refractivity contribution < 1.29 is 19.1 Å². The maximum absolute atomic E-state index is 13.8. The summed E-state index contributed by atoms with van der Waals surface area (Å²) in [5.41, 5.74) is -0.662. The second-order valence-corrected chi connectivity index (χ2v) is 5.95. The van der Waals surface area contributed by atoms with Gasteiger partial charge in [0.25, 0.3) is 0 Å². The number of rotatable bonds is 2. The number of amides is 1. The van der Waals surface area contributed by atoms with Gasteiger partial charge in [0.05, 0.1) is 11.5 Å². The minimum atomic E-state index is -0.935. The molecular weight excluding hydrogens is 289 g/mol. The molecule has 1 amide bonds. The number of likely N-dealkylation sites (tertiary alicyclic amines) is 1. The van der Waals surface area contributed by atoms with E-state index in [0.29, 0.717) is 25.9 Å². The zero-order chi connectivity index (χ0) is 15.9. The van der Waals surface area contributed by atoms with Crippen LogP contribution in [-0.2, 0) is 9.59 Å². The molecule has 2 fully saturated rings. The Balaban J connectivity index is 1.82. The molecule has 22 heavy (non-hydrogen) atoms. The summed E-state index contributed by atoms with van der Waals surface area (Å²) in [6.45, 7) is 0.963. The first-order chi connectivity index (χ1) is 10.5. The fourth-order valence-electron chi connectivity index (χ4n) is 3.70. The maximum Gasteiger partial charge on any atom is 0.309 e. The van der Waals surface area contributed by atoms with E-state index in [9.17, 15) is 19.1 Å². The van der Waals surface area contributed by atoms with Gasteiger partial charge in [0.2, 0.25) is 5.91 Å². The van der Waals surface area contributed by atoms with Crippen LogP contribution in [0.15, 0.2) is 18.3 Å². The molecule has 2 aliphatic heterocycles. The van der Waals surface area contributed by atoms with Gasteiger partial charge in [-0.15, -0.1) is 0 Å². The Kier molecular flexibility index (Phi) is 3.50. The van der Waals surface area contributed by atoms with Gasteiger partial charge in [0, 0.05) is 32.8 Å². The van der Waals surface area contributed by atoms with Crippen molar-refractivity contribution in [2.24, 2.45) is 5.92 Å². The lowest BCUT2D eigenvalue weighted by atomic mass is 9.77. The number of halogens is 1. The van der Waals surface area contributed by atoms with Crippen molar-refractivity contribution in [1.82, 2.24) is 9.88 Å². The number of aromatic nitrogens is 1. The molecule has 0 aromatic carbocycles. The Labute approximate surface area is 127 Å². The quantitative estimate of drug-likeness (QED) is 0.886. The predicted octanol–water partition coefficient (Wildman–Crippen LogP) is 1.12. The fraction of sp³-hybridized carbons (Fsp3) is 0.533. The van der Waals surface area contributed by atoms with Crippen molar-refractivity contribution in [3.63, 3.8) is 0 Å². The molecule has 2 saturated heterocycles. The minimum absolute atomic E-state index is 0.0454. The van der Waals surface area contributed by atoms with Crippen LogP contribution in [0.5, 0.6) is 0 Å². The highest BCUT2D eigenvalue weighted by Gasteiger charge is 2.55. The van der Waals surface area contributed by atoms with Gasteiger partial charge >= 0.3 is 5.97 Å². The lowest BCUT2D eigenvalue weighted by Crippen LogP contribution is -2.56. The van der Waals surface area contributed by atoms with Crippen LogP contribution >= 0.6 is 0 Å². The van der Waals surface area contributed by atoms with Gasteiger partial charge in [-0.1, -0.05) is 0 Å². The van der Waals surface area contributed by atoms with Crippen molar-refractivity contribution >= 4 is 17.7 Å². The van der Waals surface area contributed by atoms with Crippen molar-refractivity contribution in [1.29, 1.82) is 0 Å². The Morgan fingerprint density at radius 1 is 1.45 bits per heavy atom. The zero-order valence-corrected chi connectivity index (χ0v) is 12.3. The van der Waals surface area contributed by atoms with Crippen LogP contribution in [0.3, 0.4) is 0 Å². The smallest absolute Gasteiger partial charge is 0.309 e. The number of carboxylic acid groups (broad SMARTS) is 1. The third-order valence-corrected chi connectivity index (χ3v) is 5.04. The second-order valence-electron chi connectivity index (χ2n) is 5.95. The molecule has 7 heteroatoms. The van der Waals surface area contributed by atoms with Gasteiger partial charge in [-0.2, -0.15) is 0 Å². The molecule has 3 heterocycles. The normalized spacial score (nSPS) is 24.1. The third-order valence-electron chi connectivity index (χ3n) is 5.04. The van der Waals surface area contributed by atoms with Crippen molar-refractivity contribution in [2.45, 2.75) is 24.8 Å². The number of aliphatic carboxylic acids is 1. The summed E-state index contributed by atoms with van der Waals surface area (Å²) in [5, 5.41) is 9.43. The number of carbonyl (C=O) groups is 2. The molecule has 2 aliphatic rings. The lowest BCUT2D eigenvalue weighted by molar-refractivity contribution is -0.145. The molecule has 1 N–H and O–H groups in total. The molecule has 1 atom stereocenters. The number of hydrogen-bond donors (Lipinski definition) is 1. The van der Waals surface area contributed by atoms with Crippen LogP contribution in [0, 0.1) is 11.7 Å². The fourth-order valence-corrected chi connectivity index (χ4v) is 3.70. The van der Waals surface area contributed by atoms with Gasteiger partial charge in [0.1, 0.15) is 0 Å². The first kappa shape index (κ1) is 14.7. The maximum atomic E-state index is 13.8. The van der Waals surface area contributed by atoms with Crippen molar-refractivity contribution in [3.05, 3.63) is 24.1 Å². The number of carboxylic acids is 1. The molecule has 0 aliphatic carbocycles. The SMILES string of the molecule is CN1C(=O)CC(C(=O)O)C12CCN(c1ncccc1F)CC2. The van der Waals surface area contributed by atoms with Crippen LogP contribution in [0.2, 0.25) is 0 Å². The number of pyridine rings is 1. The summed E-state index contributed by atoms with van der Waals surface area (Å²) in [6, 6.07) is 2.89. The van der Waals surface area contributed by atoms with Crippen molar-refractivity contribution in [2.75, 3.05) is 25.0 Å². The minimum Gasteiger partial charge on any atom is -0.481 e. The topological polar surface area (TPSA) is 73.7 Å². The van der Waals surface area contributed by atoms with Crippen LogP contribution in [0.25, 0.3) is 0 Å². The second kappa shape index (κ2) is 5.23. The van der Waals surface area contributed by atoms with E-state index in [2.05, 4.69) is 4.98 Å². The van der Waals surface area contributed by atoms with E-state index in [4.69, 9.17) is 0 Å². The molecule has 1 unspecified atom stereocenters. The molecule has 1 aromatic heterocycles. The number of carbonyl (C=O) groups excluding carboxylic acids is 1. The summed E-state index contributed by atoms with van der Waals surface area (Å²) in [5.74, 6) is -1.86. The third kappa shape index (κ3) is 2.12.